The predicted molar refractivity (Wildman–Crippen MR) is 132 cm³/mol. The molecule has 0 amide bonds. The van der Waals surface area contributed by atoms with Gasteiger partial charge in [-0.05, 0) is 43.8 Å². The van der Waals surface area contributed by atoms with Gasteiger partial charge in [0.15, 0.2) is 5.96 Å². The lowest BCUT2D eigenvalue weighted by atomic mass is 9.99. The summed E-state index contributed by atoms with van der Waals surface area (Å²) < 4.78 is 5.28. The lowest BCUT2D eigenvalue weighted by Crippen LogP contribution is -2.43. The maximum Gasteiger partial charge on any atom is 0.193 e. The third kappa shape index (κ3) is 6.09. The SMILES string of the molecule is CN=C(NCC(c1ccc(OC)cc1)N(C)C)N1CCC(c2ccccc2)C1.I. The number of aliphatic imine (C=N–C) groups is 1. The Hall–Kier alpha value is -1.80. The summed E-state index contributed by atoms with van der Waals surface area (Å²) in [5, 5.41) is 3.59. The highest BCUT2D eigenvalue weighted by Crippen LogP contribution is 2.27. The molecule has 1 saturated heterocycles. The summed E-state index contributed by atoms with van der Waals surface area (Å²) in [5.74, 6) is 2.44. The molecule has 0 radical (unpaired) electrons. The van der Waals surface area contributed by atoms with Gasteiger partial charge in [0.25, 0.3) is 0 Å². The summed E-state index contributed by atoms with van der Waals surface area (Å²) in [6.45, 7) is 2.85. The summed E-state index contributed by atoms with van der Waals surface area (Å²) in [6, 6.07) is 19.4. The number of likely N-dealkylation sites (N-methyl/N-ethyl adjacent to an activating group) is 1. The molecule has 0 aromatic heterocycles. The van der Waals surface area contributed by atoms with Crippen LogP contribution in [0.15, 0.2) is 59.6 Å². The van der Waals surface area contributed by atoms with Gasteiger partial charge in [-0.3, -0.25) is 4.99 Å². The molecule has 2 aromatic rings. The maximum absolute atomic E-state index is 5.28. The summed E-state index contributed by atoms with van der Waals surface area (Å²) in [7, 11) is 7.79. The van der Waals surface area contributed by atoms with E-state index in [4.69, 9.17) is 4.74 Å². The first kappa shape index (κ1) is 23.5. The van der Waals surface area contributed by atoms with Crippen molar-refractivity contribution in [2.24, 2.45) is 4.99 Å². The zero-order chi connectivity index (χ0) is 19.9. The van der Waals surface area contributed by atoms with Crippen LogP contribution in [-0.4, -0.2) is 63.6 Å². The van der Waals surface area contributed by atoms with E-state index in [2.05, 4.69) is 76.7 Å². The zero-order valence-corrected chi connectivity index (χ0v) is 20.2. The lowest BCUT2D eigenvalue weighted by molar-refractivity contribution is 0.295. The van der Waals surface area contributed by atoms with E-state index in [1.54, 1.807) is 7.11 Å². The van der Waals surface area contributed by atoms with Gasteiger partial charge in [0.2, 0.25) is 0 Å². The van der Waals surface area contributed by atoms with E-state index >= 15 is 0 Å². The molecule has 1 fully saturated rings. The molecule has 2 atom stereocenters. The van der Waals surface area contributed by atoms with Crippen molar-refractivity contribution >= 4 is 29.9 Å². The standard InChI is InChI=1S/C23H32N4O.HI/c1-24-23(27-15-14-20(17-27)18-8-6-5-7-9-18)25-16-22(26(2)3)19-10-12-21(28-4)13-11-19;/h5-13,20,22H,14-17H2,1-4H3,(H,24,25);1H. The molecule has 3 rings (SSSR count). The van der Waals surface area contributed by atoms with Crippen molar-refractivity contribution in [2.75, 3.05) is 47.9 Å². The number of rotatable bonds is 6. The van der Waals surface area contributed by atoms with E-state index in [1.807, 2.05) is 19.2 Å². The Labute approximate surface area is 192 Å². The van der Waals surface area contributed by atoms with E-state index in [9.17, 15) is 0 Å². The highest BCUT2D eigenvalue weighted by molar-refractivity contribution is 14.0. The highest BCUT2D eigenvalue weighted by atomic mass is 127. The molecule has 0 saturated carbocycles. The van der Waals surface area contributed by atoms with Crippen LogP contribution >= 0.6 is 24.0 Å². The fraction of sp³-hybridized carbons (Fsp3) is 0.435. The summed E-state index contributed by atoms with van der Waals surface area (Å²) in [4.78, 5) is 9.15. The van der Waals surface area contributed by atoms with Crippen LogP contribution in [0.3, 0.4) is 0 Å². The predicted octanol–water partition coefficient (Wildman–Crippen LogP) is 3.98. The van der Waals surface area contributed by atoms with E-state index < -0.39 is 0 Å². The zero-order valence-electron chi connectivity index (χ0n) is 17.8. The molecule has 158 valence electrons. The highest BCUT2D eigenvalue weighted by Gasteiger charge is 2.26. The third-order valence-corrected chi connectivity index (χ3v) is 5.55. The second-order valence-corrected chi connectivity index (χ2v) is 7.52. The molecule has 1 N–H and O–H groups in total. The Bertz CT molecular complexity index is 764. The lowest BCUT2D eigenvalue weighted by Gasteiger charge is -2.28. The second kappa shape index (κ2) is 11.4. The van der Waals surface area contributed by atoms with Crippen molar-refractivity contribution in [1.82, 2.24) is 15.1 Å². The average Bonchev–Trinajstić information content (AvgIpc) is 3.22. The van der Waals surface area contributed by atoms with Gasteiger partial charge in [0.05, 0.1) is 13.2 Å². The molecule has 29 heavy (non-hydrogen) atoms. The average molecular weight is 508 g/mol. The molecule has 1 aliphatic heterocycles. The number of benzene rings is 2. The number of halogens is 1. The normalized spacial score (nSPS) is 17.8. The van der Waals surface area contributed by atoms with Crippen LogP contribution in [0.25, 0.3) is 0 Å². The van der Waals surface area contributed by atoms with E-state index in [-0.39, 0.29) is 30.0 Å². The topological polar surface area (TPSA) is 40.1 Å². The van der Waals surface area contributed by atoms with Crippen LogP contribution in [0.2, 0.25) is 0 Å². The van der Waals surface area contributed by atoms with Crippen molar-refractivity contribution in [3.63, 3.8) is 0 Å². The first-order chi connectivity index (χ1) is 13.6. The largest absolute Gasteiger partial charge is 0.497 e. The van der Waals surface area contributed by atoms with E-state index in [1.165, 1.54) is 17.5 Å². The molecule has 0 aliphatic carbocycles. The van der Waals surface area contributed by atoms with Gasteiger partial charge in [0.1, 0.15) is 5.75 Å². The quantitative estimate of drug-likeness (QED) is 0.364. The minimum atomic E-state index is 0. The van der Waals surface area contributed by atoms with Gasteiger partial charge >= 0.3 is 0 Å². The van der Waals surface area contributed by atoms with Crippen LogP contribution in [0.4, 0.5) is 0 Å². The van der Waals surface area contributed by atoms with Crippen LogP contribution in [0, 0.1) is 0 Å². The first-order valence-corrected chi connectivity index (χ1v) is 9.93. The molecular weight excluding hydrogens is 475 g/mol. The van der Waals surface area contributed by atoms with Gasteiger partial charge in [0, 0.05) is 32.6 Å². The molecule has 1 aliphatic rings. The van der Waals surface area contributed by atoms with Crippen LogP contribution < -0.4 is 10.1 Å². The van der Waals surface area contributed by atoms with Gasteiger partial charge in [-0.25, -0.2) is 0 Å². The molecule has 2 unspecified atom stereocenters. The first-order valence-electron chi connectivity index (χ1n) is 9.93. The fourth-order valence-corrected chi connectivity index (χ4v) is 3.89. The van der Waals surface area contributed by atoms with Crippen molar-refractivity contribution in [3.8, 4) is 5.75 Å². The smallest absolute Gasteiger partial charge is 0.193 e. The number of methoxy groups -OCH3 is 1. The van der Waals surface area contributed by atoms with Crippen molar-refractivity contribution in [2.45, 2.75) is 18.4 Å². The number of nitrogens with zero attached hydrogens (tertiary/aromatic N) is 3. The summed E-state index contributed by atoms with van der Waals surface area (Å²) in [5.41, 5.74) is 2.68. The Morgan fingerprint density at radius 1 is 1.17 bits per heavy atom. The number of ether oxygens (including phenoxy) is 1. The monoisotopic (exact) mass is 508 g/mol. The number of guanidine groups is 1. The molecule has 6 heteroatoms. The van der Waals surface area contributed by atoms with Crippen LogP contribution in [0.1, 0.15) is 29.5 Å². The summed E-state index contributed by atoms with van der Waals surface area (Å²) >= 11 is 0. The van der Waals surface area contributed by atoms with Gasteiger partial charge in [-0.2, -0.15) is 0 Å². The molecule has 2 aromatic carbocycles. The number of likely N-dealkylation sites (tertiary alicyclic amines) is 1. The Morgan fingerprint density at radius 3 is 2.45 bits per heavy atom. The second-order valence-electron chi connectivity index (χ2n) is 7.52. The number of hydrogen-bond donors (Lipinski definition) is 1. The number of nitrogens with one attached hydrogen (secondary N) is 1. The summed E-state index contributed by atoms with van der Waals surface area (Å²) in [6.07, 6.45) is 1.17. The van der Waals surface area contributed by atoms with Crippen molar-refractivity contribution in [3.05, 3.63) is 65.7 Å². The van der Waals surface area contributed by atoms with Crippen LogP contribution in [-0.2, 0) is 0 Å². The van der Waals surface area contributed by atoms with Crippen LogP contribution in [0.5, 0.6) is 5.75 Å². The van der Waals surface area contributed by atoms with Gasteiger partial charge in [-0.15, -0.1) is 24.0 Å². The van der Waals surface area contributed by atoms with Gasteiger partial charge < -0.3 is 19.9 Å². The van der Waals surface area contributed by atoms with E-state index in [0.717, 1.165) is 31.3 Å². The Morgan fingerprint density at radius 2 is 1.86 bits per heavy atom. The molecule has 0 spiro atoms. The van der Waals surface area contributed by atoms with Gasteiger partial charge in [-0.1, -0.05) is 42.5 Å². The van der Waals surface area contributed by atoms with Crippen molar-refractivity contribution < 1.29 is 4.74 Å². The van der Waals surface area contributed by atoms with E-state index in [0.29, 0.717) is 5.92 Å². The maximum atomic E-state index is 5.28. The minimum absolute atomic E-state index is 0. The number of hydrogen-bond acceptors (Lipinski definition) is 3. The molecule has 1 heterocycles. The third-order valence-electron chi connectivity index (χ3n) is 5.55. The molecule has 0 bridgehead atoms. The minimum Gasteiger partial charge on any atom is -0.497 e. The molecule has 5 nitrogen and oxygen atoms in total. The Balaban J connectivity index is 0.00000300. The Kier molecular flexibility index (Phi) is 9.23. The fourth-order valence-electron chi connectivity index (χ4n) is 3.89. The van der Waals surface area contributed by atoms with Crippen molar-refractivity contribution in [1.29, 1.82) is 0 Å². The molecular formula is C23H33IN4O.